The quantitative estimate of drug-likeness (QED) is 0.779. The molecule has 0 aromatic heterocycles. The summed E-state index contributed by atoms with van der Waals surface area (Å²) < 4.78 is 6.14. The summed E-state index contributed by atoms with van der Waals surface area (Å²) in [5, 5.41) is 2.66. The van der Waals surface area contributed by atoms with E-state index >= 15 is 0 Å². The van der Waals surface area contributed by atoms with E-state index in [1.54, 1.807) is 24.1 Å². The van der Waals surface area contributed by atoms with Gasteiger partial charge in [-0.25, -0.2) is 0 Å². The van der Waals surface area contributed by atoms with E-state index < -0.39 is 11.8 Å². The summed E-state index contributed by atoms with van der Waals surface area (Å²) in [6, 6.07) is 15.0. The summed E-state index contributed by atoms with van der Waals surface area (Å²) in [7, 11) is 1.64. The molecule has 136 valence electrons. The number of para-hydroxylation sites is 3. The summed E-state index contributed by atoms with van der Waals surface area (Å²) in [5.74, 6) is -0.331. The second-order valence-electron chi connectivity index (χ2n) is 5.89. The fourth-order valence-corrected chi connectivity index (χ4v) is 3.31. The topological polar surface area (TPSA) is 61.9 Å². The number of methoxy groups -OCH3 is 1. The Morgan fingerprint density at radius 1 is 1.00 bits per heavy atom. The highest BCUT2D eigenvalue weighted by Gasteiger charge is 2.27. The standard InChI is InChI=1S/C19H20BrN3O3/c1-26-17-9-5-4-8-16(17)22-10-12-23(13-11-22)19(25)18(24)21-15-7-3-2-6-14(15)20/h2-9H,10-13H2,1H3,(H,21,24). The number of nitrogens with one attached hydrogen (secondary N) is 1. The van der Waals surface area contributed by atoms with Gasteiger partial charge in [-0.3, -0.25) is 9.59 Å². The van der Waals surface area contributed by atoms with E-state index in [2.05, 4.69) is 26.1 Å². The van der Waals surface area contributed by atoms with Crippen LogP contribution >= 0.6 is 15.9 Å². The van der Waals surface area contributed by atoms with Crippen LogP contribution < -0.4 is 15.0 Å². The highest BCUT2D eigenvalue weighted by Crippen LogP contribution is 2.28. The van der Waals surface area contributed by atoms with Crippen LogP contribution in [0.5, 0.6) is 5.75 Å². The molecule has 2 amide bonds. The zero-order valence-corrected chi connectivity index (χ0v) is 16.0. The van der Waals surface area contributed by atoms with Crippen molar-refractivity contribution in [1.29, 1.82) is 0 Å². The molecule has 1 N–H and O–H groups in total. The molecule has 0 unspecified atom stereocenters. The number of hydrogen-bond donors (Lipinski definition) is 1. The lowest BCUT2D eigenvalue weighted by molar-refractivity contribution is -0.143. The van der Waals surface area contributed by atoms with Crippen LogP contribution in [0, 0.1) is 0 Å². The molecule has 0 radical (unpaired) electrons. The molecule has 6 nitrogen and oxygen atoms in total. The van der Waals surface area contributed by atoms with Gasteiger partial charge in [-0.15, -0.1) is 0 Å². The smallest absolute Gasteiger partial charge is 0.313 e. The maximum Gasteiger partial charge on any atom is 0.313 e. The van der Waals surface area contributed by atoms with Gasteiger partial charge in [0.25, 0.3) is 0 Å². The Hall–Kier alpha value is -2.54. The number of anilines is 2. The summed E-state index contributed by atoms with van der Waals surface area (Å²) >= 11 is 3.36. The van der Waals surface area contributed by atoms with Gasteiger partial charge in [-0.05, 0) is 40.2 Å². The highest BCUT2D eigenvalue weighted by molar-refractivity contribution is 9.10. The average molecular weight is 418 g/mol. The van der Waals surface area contributed by atoms with Gasteiger partial charge in [0.15, 0.2) is 0 Å². The molecule has 1 aliphatic heterocycles. The Kier molecular flexibility index (Phi) is 5.78. The molecule has 1 heterocycles. The lowest BCUT2D eigenvalue weighted by atomic mass is 10.2. The minimum atomic E-state index is -0.623. The molecule has 7 heteroatoms. The second kappa shape index (κ2) is 8.23. The van der Waals surface area contributed by atoms with Gasteiger partial charge in [0.1, 0.15) is 5.75 Å². The first-order valence-corrected chi connectivity index (χ1v) is 9.12. The number of halogens is 1. The molecule has 0 atom stereocenters. The third-order valence-corrected chi connectivity index (χ3v) is 5.00. The molecular formula is C19H20BrN3O3. The van der Waals surface area contributed by atoms with Crippen LogP contribution in [0.15, 0.2) is 53.0 Å². The van der Waals surface area contributed by atoms with Gasteiger partial charge >= 0.3 is 11.8 Å². The maximum absolute atomic E-state index is 12.4. The van der Waals surface area contributed by atoms with Gasteiger partial charge in [-0.1, -0.05) is 24.3 Å². The van der Waals surface area contributed by atoms with E-state index in [4.69, 9.17) is 4.74 Å². The second-order valence-corrected chi connectivity index (χ2v) is 6.74. The number of hydrogen-bond acceptors (Lipinski definition) is 4. The zero-order valence-electron chi connectivity index (χ0n) is 14.4. The molecule has 3 rings (SSSR count). The molecule has 2 aromatic carbocycles. The SMILES string of the molecule is COc1ccccc1N1CCN(C(=O)C(=O)Nc2ccccc2Br)CC1. The lowest BCUT2D eigenvalue weighted by Crippen LogP contribution is -2.51. The van der Waals surface area contributed by atoms with Gasteiger partial charge < -0.3 is 19.9 Å². The molecule has 26 heavy (non-hydrogen) atoms. The predicted molar refractivity (Wildman–Crippen MR) is 105 cm³/mol. The van der Waals surface area contributed by atoms with Crippen LogP contribution in [0.1, 0.15) is 0 Å². The van der Waals surface area contributed by atoms with Crippen molar-refractivity contribution in [2.24, 2.45) is 0 Å². The molecule has 1 saturated heterocycles. The Morgan fingerprint density at radius 3 is 2.35 bits per heavy atom. The Balaban J connectivity index is 1.60. The zero-order chi connectivity index (χ0) is 18.5. The van der Waals surface area contributed by atoms with E-state index in [9.17, 15) is 9.59 Å². The maximum atomic E-state index is 12.4. The Bertz CT molecular complexity index is 804. The van der Waals surface area contributed by atoms with E-state index in [0.717, 1.165) is 15.9 Å². The molecular weight excluding hydrogens is 398 g/mol. The number of benzene rings is 2. The molecule has 2 aromatic rings. The minimum absolute atomic E-state index is 0.486. The van der Waals surface area contributed by atoms with Crippen molar-refractivity contribution in [2.75, 3.05) is 43.5 Å². The van der Waals surface area contributed by atoms with Crippen LogP contribution in [0.2, 0.25) is 0 Å². The number of nitrogens with zero attached hydrogens (tertiary/aromatic N) is 2. The number of amides is 2. The van der Waals surface area contributed by atoms with Crippen LogP contribution in [-0.4, -0.2) is 50.0 Å². The largest absolute Gasteiger partial charge is 0.495 e. The first-order valence-electron chi connectivity index (χ1n) is 8.33. The summed E-state index contributed by atoms with van der Waals surface area (Å²) in [4.78, 5) is 28.4. The van der Waals surface area contributed by atoms with Crippen LogP contribution in [0.4, 0.5) is 11.4 Å². The first kappa shape index (κ1) is 18.3. The van der Waals surface area contributed by atoms with Crippen molar-refractivity contribution in [1.82, 2.24) is 4.90 Å². The predicted octanol–water partition coefficient (Wildman–Crippen LogP) is 2.75. The summed E-state index contributed by atoms with van der Waals surface area (Å²) in [5.41, 5.74) is 1.58. The van der Waals surface area contributed by atoms with E-state index in [0.29, 0.717) is 31.9 Å². The Labute approximate surface area is 160 Å². The van der Waals surface area contributed by atoms with Gasteiger partial charge in [0.2, 0.25) is 0 Å². The van der Waals surface area contributed by atoms with Crippen LogP contribution in [-0.2, 0) is 9.59 Å². The molecule has 0 aliphatic carbocycles. The number of rotatable bonds is 3. The fraction of sp³-hybridized carbons (Fsp3) is 0.263. The number of carbonyl (C=O) groups is 2. The van der Waals surface area contributed by atoms with Crippen molar-refractivity contribution in [3.05, 3.63) is 53.0 Å². The molecule has 0 saturated carbocycles. The summed E-state index contributed by atoms with van der Waals surface area (Å²) in [6.45, 7) is 2.27. The lowest BCUT2D eigenvalue weighted by Gasteiger charge is -2.36. The number of carbonyl (C=O) groups excluding carboxylic acids is 2. The highest BCUT2D eigenvalue weighted by atomic mass is 79.9. The Morgan fingerprint density at radius 2 is 1.65 bits per heavy atom. The third-order valence-electron chi connectivity index (χ3n) is 4.31. The van der Waals surface area contributed by atoms with Crippen molar-refractivity contribution in [2.45, 2.75) is 0 Å². The summed E-state index contributed by atoms with van der Waals surface area (Å²) in [6.07, 6.45) is 0. The van der Waals surface area contributed by atoms with Crippen molar-refractivity contribution in [3.8, 4) is 5.75 Å². The monoisotopic (exact) mass is 417 g/mol. The van der Waals surface area contributed by atoms with Crippen LogP contribution in [0.3, 0.4) is 0 Å². The molecule has 1 aliphatic rings. The van der Waals surface area contributed by atoms with Crippen molar-refractivity contribution < 1.29 is 14.3 Å². The van der Waals surface area contributed by atoms with E-state index in [-0.39, 0.29) is 0 Å². The van der Waals surface area contributed by atoms with Crippen LogP contribution in [0.25, 0.3) is 0 Å². The minimum Gasteiger partial charge on any atom is -0.495 e. The fourth-order valence-electron chi connectivity index (χ4n) is 2.92. The normalized spacial score (nSPS) is 14.1. The van der Waals surface area contributed by atoms with Gasteiger partial charge in [0, 0.05) is 30.7 Å². The average Bonchev–Trinajstić information content (AvgIpc) is 2.69. The van der Waals surface area contributed by atoms with E-state index in [1.165, 1.54) is 0 Å². The number of ether oxygens (including phenoxy) is 1. The van der Waals surface area contributed by atoms with Gasteiger partial charge in [0.05, 0.1) is 18.5 Å². The third kappa shape index (κ3) is 3.99. The van der Waals surface area contributed by atoms with Crippen molar-refractivity contribution >= 4 is 39.1 Å². The van der Waals surface area contributed by atoms with Gasteiger partial charge in [-0.2, -0.15) is 0 Å². The van der Waals surface area contributed by atoms with E-state index in [1.807, 2.05) is 36.4 Å². The van der Waals surface area contributed by atoms with Crippen molar-refractivity contribution in [3.63, 3.8) is 0 Å². The molecule has 1 fully saturated rings. The molecule has 0 bridgehead atoms. The first-order chi connectivity index (χ1) is 12.6. The number of piperazine rings is 1. The molecule has 0 spiro atoms.